The summed E-state index contributed by atoms with van der Waals surface area (Å²) in [6, 6.07) is 21.1. The molecule has 1 heterocycles. The van der Waals surface area contributed by atoms with Crippen LogP contribution in [0.3, 0.4) is 0 Å². The number of rotatable bonds is 4. The van der Waals surface area contributed by atoms with E-state index in [9.17, 15) is 13.2 Å². The van der Waals surface area contributed by atoms with Crippen molar-refractivity contribution in [2.75, 3.05) is 19.6 Å². The average molecular weight is 431 g/mol. The van der Waals surface area contributed by atoms with Gasteiger partial charge in [0.15, 0.2) is 0 Å². The molecule has 1 atom stereocenters. The lowest BCUT2D eigenvalue weighted by molar-refractivity contribution is -0.137. The minimum absolute atomic E-state index is 0.127. The summed E-state index contributed by atoms with van der Waals surface area (Å²) in [6.07, 6.45) is -4.40. The van der Waals surface area contributed by atoms with E-state index in [-0.39, 0.29) is 11.6 Å². The first-order chi connectivity index (χ1) is 14.4. The molecule has 0 radical (unpaired) electrons. The molecule has 1 N–H and O–H groups in total. The third-order valence-corrected chi connectivity index (χ3v) is 5.77. The van der Waals surface area contributed by atoms with Crippen molar-refractivity contribution in [1.82, 2.24) is 10.2 Å². The van der Waals surface area contributed by atoms with Crippen molar-refractivity contribution in [2.24, 2.45) is 0 Å². The summed E-state index contributed by atoms with van der Waals surface area (Å²) in [7, 11) is 0. The Morgan fingerprint density at radius 1 is 0.900 bits per heavy atom. The van der Waals surface area contributed by atoms with Crippen LogP contribution >= 0.6 is 11.6 Å². The molecular weight excluding hydrogens is 409 g/mol. The number of halogens is 4. The molecule has 0 spiro atoms. The highest BCUT2D eigenvalue weighted by Gasteiger charge is 2.34. The Hall–Kier alpha value is -2.34. The number of hydrogen-bond acceptors (Lipinski definition) is 2. The number of alkyl halides is 3. The molecule has 3 aromatic rings. The molecule has 30 heavy (non-hydrogen) atoms. The van der Waals surface area contributed by atoms with Gasteiger partial charge in [-0.05, 0) is 40.5 Å². The molecule has 2 nitrogen and oxygen atoms in total. The molecule has 0 saturated carbocycles. The van der Waals surface area contributed by atoms with Crippen LogP contribution in [0.5, 0.6) is 0 Å². The lowest BCUT2D eigenvalue weighted by Gasteiger charge is -2.37. The number of benzene rings is 3. The quantitative estimate of drug-likeness (QED) is 0.532. The molecule has 0 amide bonds. The van der Waals surface area contributed by atoms with Gasteiger partial charge in [-0.15, -0.1) is 0 Å². The van der Waals surface area contributed by atoms with E-state index < -0.39 is 11.7 Å². The van der Waals surface area contributed by atoms with E-state index >= 15 is 0 Å². The fourth-order valence-corrected chi connectivity index (χ4v) is 4.18. The third kappa shape index (κ3) is 4.53. The lowest BCUT2D eigenvalue weighted by Crippen LogP contribution is -2.45. The van der Waals surface area contributed by atoms with Crippen LogP contribution in [0.1, 0.15) is 22.7 Å². The first-order valence-corrected chi connectivity index (χ1v) is 10.3. The van der Waals surface area contributed by atoms with Crippen molar-refractivity contribution in [3.8, 4) is 11.1 Å². The standard InChI is InChI=1S/C24H22ClF3N2/c25-19-11-9-17(10-12-19)23-15-29-13-14-30(23)16-18-5-1-2-6-20(18)21-7-3-4-8-22(21)24(26,27)28/h1-12,23,29H,13-16H2. The van der Waals surface area contributed by atoms with E-state index in [0.29, 0.717) is 17.1 Å². The first kappa shape index (κ1) is 20.9. The Labute approximate surface area is 179 Å². The highest BCUT2D eigenvalue weighted by Crippen LogP contribution is 2.38. The molecular formula is C24H22ClF3N2. The summed E-state index contributed by atoms with van der Waals surface area (Å²) in [5, 5.41) is 4.10. The van der Waals surface area contributed by atoms with Crippen LogP contribution in [0.15, 0.2) is 72.8 Å². The monoisotopic (exact) mass is 430 g/mol. The van der Waals surface area contributed by atoms with Crippen molar-refractivity contribution >= 4 is 11.6 Å². The Bertz CT molecular complexity index is 1000. The molecule has 1 aliphatic heterocycles. The van der Waals surface area contributed by atoms with Gasteiger partial charge < -0.3 is 5.32 Å². The topological polar surface area (TPSA) is 15.3 Å². The molecule has 1 unspecified atom stereocenters. The van der Waals surface area contributed by atoms with Gasteiger partial charge in [0.2, 0.25) is 0 Å². The second-order valence-electron chi connectivity index (χ2n) is 7.44. The van der Waals surface area contributed by atoms with Crippen LogP contribution in [-0.4, -0.2) is 24.5 Å². The van der Waals surface area contributed by atoms with Gasteiger partial charge in [0, 0.05) is 37.2 Å². The van der Waals surface area contributed by atoms with Crippen molar-refractivity contribution in [3.63, 3.8) is 0 Å². The van der Waals surface area contributed by atoms with Crippen LogP contribution in [0.4, 0.5) is 13.2 Å². The van der Waals surface area contributed by atoms with E-state index in [1.165, 1.54) is 6.07 Å². The predicted octanol–water partition coefficient (Wildman–Crippen LogP) is 6.17. The van der Waals surface area contributed by atoms with Gasteiger partial charge in [-0.3, -0.25) is 4.90 Å². The minimum Gasteiger partial charge on any atom is -0.314 e. The van der Waals surface area contributed by atoms with Gasteiger partial charge in [-0.2, -0.15) is 13.2 Å². The zero-order valence-corrected chi connectivity index (χ0v) is 17.0. The molecule has 3 aromatic carbocycles. The molecule has 4 rings (SSSR count). The summed E-state index contributed by atoms with van der Waals surface area (Å²) in [5.74, 6) is 0. The fraction of sp³-hybridized carbons (Fsp3) is 0.250. The maximum absolute atomic E-state index is 13.6. The van der Waals surface area contributed by atoms with E-state index in [2.05, 4.69) is 10.2 Å². The minimum atomic E-state index is -4.40. The summed E-state index contributed by atoms with van der Waals surface area (Å²) in [5.41, 5.74) is 2.26. The van der Waals surface area contributed by atoms with Crippen LogP contribution in [-0.2, 0) is 12.7 Å². The Morgan fingerprint density at radius 2 is 1.57 bits per heavy atom. The number of nitrogens with zero attached hydrogens (tertiary/aromatic N) is 1. The molecule has 1 aliphatic rings. The molecule has 1 fully saturated rings. The first-order valence-electron chi connectivity index (χ1n) is 9.88. The maximum Gasteiger partial charge on any atom is 0.417 e. The highest BCUT2D eigenvalue weighted by atomic mass is 35.5. The normalized spacial score (nSPS) is 17.8. The largest absolute Gasteiger partial charge is 0.417 e. The summed E-state index contributed by atoms with van der Waals surface area (Å²) in [4.78, 5) is 2.31. The van der Waals surface area contributed by atoms with Crippen LogP contribution in [0.25, 0.3) is 11.1 Å². The average Bonchev–Trinajstić information content (AvgIpc) is 2.75. The zero-order chi connectivity index (χ0) is 21.1. The molecule has 156 valence electrons. The smallest absolute Gasteiger partial charge is 0.314 e. The molecule has 0 bridgehead atoms. The zero-order valence-electron chi connectivity index (χ0n) is 16.3. The van der Waals surface area contributed by atoms with Crippen molar-refractivity contribution in [3.05, 3.63) is 94.5 Å². The number of nitrogens with one attached hydrogen (secondary N) is 1. The van der Waals surface area contributed by atoms with Gasteiger partial charge >= 0.3 is 6.18 Å². The fourth-order valence-electron chi connectivity index (χ4n) is 4.05. The molecule has 0 aliphatic carbocycles. The van der Waals surface area contributed by atoms with E-state index in [4.69, 9.17) is 11.6 Å². The van der Waals surface area contributed by atoms with Crippen LogP contribution < -0.4 is 5.32 Å². The van der Waals surface area contributed by atoms with E-state index in [0.717, 1.165) is 36.8 Å². The second kappa shape index (κ2) is 8.80. The Balaban J connectivity index is 1.69. The van der Waals surface area contributed by atoms with Gasteiger partial charge in [-0.1, -0.05) is 66.2 Å². The van der Waals surface area contributed by atoms with Gasteiger partial charge in [0.05, 0.1) is 5.56 Å². The lowest BCUT2D eigenvalue weighted by atomic mass is 9.94. The van der Waals surface area contributed by atoms with Gasteiger partial charge in [-0.25, -0.2) is 0 Å². The second-order valence-corrected chi connectivity index (χ2v) is 7.88. The number of hydrogen-bond donors (Lipinski definition) is 1. The third-order valence-electron chi connectivity index (χ3n) is 5.52. The molecule has 0 aromatic heterocycles. The van der Waals surface area contributed by atoms with E-state index in [1.807, 2.05) is 36.4 Å². The summed E-state index contributed by atoms with van der Waals surface area (Å²) >= 11 is 6.04. The Morgan fingerprint density at radius 3 is 2.30 bits per heavy atom. The molecule has 6 heteroatoms. The van der Waals surface area contributed by atoms with Gasteiger partial charge in [0.25, 0.3) is 0 Å². The van der Waals surface area contributed by atoms with Crippen LogP contribution in [0, 0.1) is 0 Å². The number of piperazine rings is 1. The van der Waals surface area contributed by atoms with Gasteiger partial charge in [0.1, 0.15) is 0 Å². The molecule has 1 saturated heterocycles. The van der Waals surface area contributed by atoms with Crippen molar-refractivity contribution < 1.29 is 13.2 Å². The van der Waals surface area contributed by atoms with Crippen molar-refractivity contribution in [2.45, 2.75) is 18.8 Å². The SMILES string of the molecule is FC(F)(F)c1ccccc1-c1ccccc1CN1CCNCC1c1ccc(Cl)cc1. The van der Waals surface area contributed by atoms with E-state index in [1.54, 1.807) is 24.3 Å². The highest BCUT2D eigenvalue weighted by molar-refractivity contribution is 6.30. The summed E-state index contributed by atoms with van der Waals surface area (Å²) < 4.78 is 40.8. The summed E-state index contributed by atoms with van der Waals surface area (Å²) in [6.45, 7) is 2.99. The maximum atomic E-state index is 13.6. The van der Waals surface area contributed by atoms with Crippen molar-refractivity contribution in [1.29, 1.82) is 0 Å². The Kier molecular flexibility index (Phi) is 6.14. The van der Waals surface area contributed by atoms with Crippen LogP contribution in [0.2, 0.25) is 5.02 Å². The predicted molar refractivity (Wildman–Crippen MR) is 114 cm³/mol.